The number of anilines is 2. The molecule has 4 heterocycles. The molecule has 2 aromatic carbocycles. The van der Waals surface area contributed by atoms with Crippen LogP contribution in [0.5, 0.6) is 0 Å². The van der Waals surface area contributed by atoms with Crippen molar-refractivity contribution in [2.24, 2.45) is 5.41 Å². The molecule has 0 aliphatic carbocycles. The predicted molar refractivity (Wildman–Crippen MR) is 160 cm³/mol. The van der Waals surface area contributed by atoms with Crippen LogP contribution in [-0.2, 0) is 4.79 Å². The van der Waals surface area contributed by atoms with E-state index in [4.69, 9.17) is 9.40 Å². The average Bonchev–Trinajstić information content (AvgIpc) is 3.62. The number of benzene rings is 2. The summed E-state index contributed by atoms with van der Waals surface area (Å²) in [6, 6.07) is 10.7. The van der Waals surface area contributed by atoms with Crippen LogP contribution in [0, 0.1) is 18.2 Å². The van der Waals surface area contributed by atoms with E-state index in [2.05, 4.69) is 25.8 Å². The Bertz CT molecular complexity index is 1820. The largest absolute Gasteiger partial charge is 0.472 e. The number of H-pyrrole nitrogens is 2. The Morgan fingerprint density at radius 1 is 1.15 bits per heavy atom. The van der Waals surface area contributed by atoms with E-state index in [9.17, 15) is 4.79 Å². The van der Waals surface area contributed by atoms with E-state index in [1.165, 1.54) is 6.07 Å². The number of nitrogens with one attached hydrogen (secondary N) is 4. The molecule has 0 fully saturated rings. The van der Waals surface area contributed by atoms with Crippen molar-refractivity contribution in [1.29, 1.82) is 0 Å². The Morgan fingerprint density at radius 2 is 2.00 bits per heavy atom. The SMILES string of the molecule is Cc1cc(NC(=O)CC(C)(C)C)cc(-c2cc3c(-c4nc5c([nH]4)/C(c4ccoc4)=C\C=C/CN5)n[nH]c3cc2F)c1. The van der Waals surface area contributed by atoms with Crippen LogP contribution in [0.4, 0.5) is 15.9 Å². The highest BCUT2D eigenvalue weighted by atomic mass is 19.1. The lowest BCUT2D eigenvalue weighted by Gasteiger charge is -2.18. The van der Waals surface area contributed by atoms with Crippen molar-refractivity contribution >= 4 is 33.9 Å². The summed E-state index contributed by atoms with van der Waals surface area (Å²) in [6.45, 7) is 8.59. The number of carbonyl (C=O) groups is 1. The number of carbonyl (C=O) groups excluding carboxylic acids is 1. The number of halogens is 1. The first-order chi connectivity index (χ1) is 19.6. The molecule has 1 aliphatic rings. The molecule has 0 atom stereocenters. The number of hydrogen-bond acceptors (Lipinski definition) is 5. The third-order valence-corrected chi connectivity index (χ3v) is 6.83. The van der Waals surface area contributed by atoms with Gasteiger partial charge in [-0.1, -0.05) is 45.1 Å². The Kier molecular flexibility index (Phi) is 6.57. The van der Waals surface area contributed by atoms with Crippen molar-refractivity contribution < 1.29 is 13.6 Å². The summed E-state index contributed by atoms with van der Waals surface area (Å²) in [6.07, 6.45) is 9.71. The third kappa shape index (κ3) is 5.43. The fourth-order valence-corrected chi connectivity index (χ4v) is 5.08. The molecule has 5 aromatic rings. The maximum absolute atomic E-state index is 15.5. The summed E-state index contributed by atoms with van der Waals surface area (Å²) in [5.74, 6) is 0.754. The molecule has 8 nitrogen and oxygen atoms in total. The van der Waals surface area contributed by atoms with E-state index in [-0.39, 0.29) is 11.3 Å². The first kappa shape index (κ1) is 26.3. The first-order valence-corrected chi connectivity index (χ1v) is 13.5. The first-order valence-electron chi connectivity index (χ1n) is 13.5. The summed E-state index contributed by atoms with van der Waals surface area (Å²) in [4.78, 5) is 20.8. The van der Waals surface area contributed by atoms with Crippen LogP contribution in [0.2, 0.25) is 0 Å². The number of fused-ring (bicyclic) bond motifs is 2. The molecule has 0 saturated carbocycles. The van der Waals surface area contributed by atoms with E-state index in [0.717, 1.165) is 27.8 Å². The average molecular weight is 551 g/mol. The lowest BCUT2D eigenvalue weighted by molar-refractivity contribution is -0.117. The molecular formula is C32H31FN6O2. The van der Waals surface area contributed by atoms with Crippen LogP contribution in [0.3, 0.4) is 0 Å². The molecule has 41 heavy (non-hydrogen) atoms. The second-order valence-corrected chi connectivity index (χ2v) is 11.5. The molecule has 0 bridgehead atoms. The molecule has 0 saturated heterocycles. The van der Waals surface area contributed by atoms with Crippen molar-refractivity contribution in [1.82, 2.24) is 20.2 Å². The number of hydrogen-bond donors (Lipinski definition) is 4. The zero-order chi connectivity index (χ0) is 28.7. The van der Waals surface area contributed by atoms with Crippen molar-refractivity contribution in [3.05, 3.63) is 89.8 Å². The minimum atomic E-state index is -0.394. The Morgan fingerprint density at radius 3 is 2.78 bits per heavy atom. The minimum absolute atomic E-state index is 0.0804. The third-order valence-electron chi connectivity index (χ3n) is 6.83. The van der Waals surface area contributed by atoms with Gasteiger partial charge in [0.1, 0.15) is 11.5 Å². The van der Waals surface area contributed by atoms with Gasteiger partial charge in [0.2, 0.25) is 5.91 Å². The standard InChI is InChI=1S/C32H31FN6O2/c1-18-11-20(13-21(12-18)35-27(40)16-32(2,3)4)23-14-24-26(15-25(23)33)38-39-29(24)31-36-28-22(19-8-10-41-17-19)7-5-6-9-34-30(28)37-31/h5-8,10-15,17,34H,9,16H2,1-4H3,(H,35,40)(H,36,37)(H,38,39)/b6-5-,22-7-. The molecule has 1 aliphatic heterocycles. The van der Waals surface area contributed by atoms with E-state index < -0.39 is 5.82 Å². The second kappa shape index (κ2) is 10.2. The molecule has 9 heteroatoms. The highest BCUT2D eigenvalue weighted by Gasteiger charge is 2.22. The molecule has 6 rings (SSSR count). The number of amides is 1. The lowest BCUT2D eigenvalue weighted by atomic mass is 9.92. The van der Waals surface area contributed by atoms with Crippen LogP contribution in [0.1, 0.15) is 44.0 Å². The number of imidazole rings is 1. The Labute approximate surface area is 236 Å². The van der Waals surface area contributed by atoms with Crippen LogP contribution < -0.4 is 10.6 Å². The fourth-order valence-electron chi connectivity index (χ4n) is 5.08. The Balaban J connectivity index is 1.40. The molecule has 3 aromatic heterocycles. The van der Waals surface area contributed by atoms with Gasteiger partial charge in [-0.2, -0.15) is 5.10 Å². The molecule has 4 N–H and O–H groups in total. The smallest absolute Gasteiger partial charge is 0.224 e. The van der Waals surface area contributed by atoms with Gasteiger partial charge in [-0.3, -0.25) is 9.89 Å². The topological polar surface area (TPSA) is 112 Å². The zero-order valence-corrected chi connectivity index (χ0v) is 23.4. The number of allylic oxidation sites excluding steroid dienone is 2. The van der Waals surface area contributed by atoms with Crippen LogP contribution in [0.15, 0.2) is 71.6 Å². The fraction of sp³-hybridized carbons (Fsp3) is 0.219. The van der Waals surface area contributed by atoms with E-state index in [1.807, 2.05) is 64.1 Å². The number of aromatic amines is 2. The molecule has 1 amide bonds. The van der Waals surface area contributed by atoms with Gasteiger partial charge in [0.15, 0.2) is 11.6 Å². The monoisotopic (exact) mass is 550 g/mol. The van der Waals surface area contributed by atoms with Crippen molar-refractivity contribution in [3.63, 3.8) is 0 Å². The molecule has 208 valence electrons. The van der Waals surface area contributed by atoms with Crippen molar-refractivity contribution in [2.45, 2.75) is 34.1 Å². The second-order valence-electron chi connectivity index (χ2n) is 11.5. The van der Waals surface area contributed by atoms with Gasteiger partial charge in [-0.05, 0) is 47.7 Å². The normalized spacial score (nSPS) is 15.4. The van der Waals surface area contributed by atoms with Gasteiger partial charge >= 0.3 is 0 Å². The van der Waals surface area contributed by atoms with Gasteiger partial charge in [-0.25, -0.2) is 9.37 Å². The minimum Gasteiger partial charge on any atom is -0.472 e. The maximum atomic E-state index is 15.5. The summed E-state index contributed by atoms with van der Waals surface area (Å²) in [5, 5.41) is 14.5. The molecular weight excluding hydrogens is 519 g/mol. The Hall–Kier alpha value is -4.92. The number of rotatable bonds is 5. The zero-order valence-electron chi connectivity index (χ0n) is 23.4. The van der Waals surface area contributed by atoms with Gasteiger partial charge in [0.25, 0.3) is 0 Å². The highest BCUT2D eigenvalue weighted by Crippen LogP contribution is 2.36. The molecule has 0 spiro atoms. The van der Waals surface area contributed by atoms with Crippen LogP contribution in [-0.4, -0.2) is 32.6 Å². The maximum Gasteiger partial charge on any atom is 0.224 e. The van der Waals surface area contributed by atoms with Crippen molar-refractivity contribution in [2.75, 3.05) is 17.2 Å². The van der Waals surface area contributed by atoms with Crippen molar-refractivity contribution in [3.8, 4) is 22.6 Å². The number of nitrogens with zero attached hydrogens (tertiary/aromatic N) is 2. The van der Waals surface area contributed by atoms with E-state index in [0.29, 0.717) is 52.6 Å². The lowest BCUT2D eigenvalue weighted by Crippen LogP contribution is -2.19. The van der Waals surface area contributed by atoms with Gasteiger partial charge < -0.3 is 20.0 Å². The van der Waals surface area contributed by atoms with Crippen LogP contribution in [0.25, 0.3) is 39.1 Å². The quantitative estimate of drug-likeness (QED) is 0.182. The molecule has 0 radical (unpaired) electrons. The van der Waals surface area contributed by atoms with E-state index in [1.54, 1.807) is 24.7 Å². The van der Waals surface area contributed by atoms with Gasteiger partial charge in [-0.15, -0.1) is 0 Å². The van der Waals surface area contributed by atoms with Gasteiger partial charge in [0.05, 0.1) is 23.7 Å². The van der Waals surface area contributed by atoms with Crippen LogP contribution >= 0.6 is 0 Å². The summed E-state index contributed by atoms with van der Waals surface area (Å²) < 4.78 is 20.8. The number of aryl methyl sites for hydroxylation is 1. The summed E-state index contributed by atoms with van der Waals surface area (Å²) in [7, 11) is 0. The highest BCUT2D eigenvalue weighted by molar-refractivity contribution is 5.97. The number of aromatic nitrogens is 4. The van der Waals surface area contributed by atoms with E-state index >= 15 is 4.39 Å². The summed E-state index contributed by atoms with van der Waals surface area (Å²) in [5.41, 5.74) is 6.22. The van der Waals surface area contributed by atoms with Gasteiger partial charge in [0, 0.05) is 46.8 Å². The number of furan rings is 1. The molecule has 0 unspecified atom stereocenters. The predicted octanol–water partition coefficient (Wildman–Crippen LogP) is 7.45. The summed E-state index contributed by atoms with van der Waals surface area (Å²) >= 11 is 0.